The highest BCUT2D eigenvalue weighted by Crippen LogP contribution is 2.26. The number of aliphatic hydroxyl groups is 1. The maximum atomic E-state index is 12.1. The number of nitrogens with two attached hydrogens (primary N) is 1. The average molecular weight is 448 g/mol. The molecule has 31 heavy (non-hydrogen) atoms. The number of ether oxygens (including phenoxy) is 2. The van der Waals surface area contributed by atoms with Crippen molar-refractivity contribution in [2.75, 3.05) is 14.2 Å². The van der Waals surface area contributed by atoms with Crippen LogP contribution in [-0.2, 0) is 22.9 Å². The van der Waals surface area contributed by atoms with Gasteiger partial charge in [-0.1, -0.05) is 30.3 Å². The highest BCUT2D eigenvalue weighted by Gasteiger charge is 2.29. The first-order valence-electron chi connectivity index (χ1n) is 10.3. The van der Waals surface area contributed by atoms with Crippen LogP contribution in [0.25, 0.3) is 0 Å². The van der Waals surface area contributed by atoms with Crippen LogP contribution >= 0.6 is 0 Å². The standard InChI is InChI=1S/C24H33NO5S/c1-4-5-6-23(31(25,27)28)17-24(26)20(15-18-7-11-21(29-2)12-8-18)16-19-9-13-22(30-3)14-10-19/h4,7-14,20,23-24,26H,1,5-6,15-17H2,2-3H3,(H2,25,27,28). The summed E-state index contributed by atoms with van der Waals surface area (Å²) >= 11 is 0. The number of aliphatic hydroxyl groups excluding tert-OH is 1. The van der Waals surface area contributed by atoms with Gasteiger partial charge in [-0.15, -0.1) is 6.58 Å². The van der Waals surface area contributed by atoms with Crippen molar-refractivity contribution < 1.29 is 23.0 Å². The quantitative estimate of drug-likeness (QED) is 0.458. The SMILES string of the molecule is C=CCCC(CC(O)C(Cc1ccc(OC)cc1)Cc1ccc(OC)cc1)S(N)(=O)=O. The molecule has 0 bridgehead atoms. The molecule has 7 heteroatoms. The zero-order chi connectivity index (χ0) is 22.9. The van der Waals surface area contributed by atoms with Gasteiger partial charge in [0.05, 0.1) is 25.6 Å². The Morgan fingerprint density at radius 1 is 0.968 bits per heavy atom. The topological polar surface area (TPSA) is 98.8 Å². The van der Waals surface area contributed by atoms with E-state index in [1.165, 1.54) is 0 Å². The number of primary sulfonamides is 1. The predicted octanol–water partition coefficient (Wildman–Crippen LogP) is 3.48. The molecule has 0 amide bonds. The molecule has 0 saturated heterocycles. The fourth-order valence-electron chi connectivity index (χ4n) is 3.65. The summed E-state index contributed by atoms with van der Waals surface area (Å²) < 4.78 is 34.5. The number of benzene rings is 2. The van der Waals surface area contributed by atoms with Crippen LogP contribution in [0.1, 0.15) is 30.4 Å². The van der Waals surface area contributed by atoms with Crippen molar-refractivity contribution in [2.45, 2.75) is 43.5 Å². The second-order valence-electron chi connectivity index (χ2n) is 7.74. The molecule has 0 aliphatic carbocycles. The molecule has 3 N–H and O–H groups in total. The summed E-state index contributed by atoms with van der Waals surface area (Å²) in [6, 6.07) is 15.4. The molecule has 0 saturated carbocycles. The predicted molar refractivity (Wildman–Crippen MR) is 124 cm³/mol. The van der Waals surface area contributed by atoms with Gasteiger partial charge in [0.15, 0.2) is 0 Å². The van der Waals surface area contributed by atoms with E-state index in [0.717, 1.165) is 22.6 Å². The third-order valence-corrected chi connectivity index (χ3v) is 6.88. The van der Waals surface area contributed by atoms with Gasteiger partial charge in [0.1, 0.15) is 11.5 Å². The molecular formula is C24H33NO5S. The molecule has 170 valence electrons. The first kappa shape index (κ1) is 24.9. The molecule has 2 rings (SSSR count). The zero-order valence-corrected chi connectivity index (χ0v) is 19.1. The fourth-order valence-corrected chi connectivity index (χ4v) is 4.58. The molecule has 0 fully saturated rings. The summed E-state index contributed by atoms with van der Waals surface area (Å²) in [6.45, 7) is 3.65. The van der Waals surface area contributed by atoms with Gasteiger partial charge >= 0.3 is 0 Å². The zero-order valence-electron chi connectivity index (χ0n) is 18.2. The first-order chi connectivity index (χ1) is 14.8. The third kappa shape index (κ3) is 8.01. The van der Waals surface area contributed by atoms with Gasteiger partial charge in [0.2, 0.25) is 10.0 Å². The Kier molecular flexibility index (Phi) is 9.55. The second kappa shape index (κ2) is 11.9. The van der Waals surface area contributed by atoms with Crippen molar-refractivity contribution in [1.29, 1.82) is 0 Å². The smallest absolute Gasteiger partial charge is 0.212 e. The molecule has 2 aromatic carbocycles. The van der Waals surface area contributed by atoms with E-state index in [1.54, 1.807) is 20.3 Å². The van der Waals surface area contributed by atoms with Crippen molar-refractivity contribution in [3.05, 3.63) is 72.3 Å². The Bertz CT molecular complexity index is 860. The van der Waals surface area contributed by atoms with Crippen molar-refractivity contribution in [1.82, 2.24) is 0 Å². The molecule has 0 spiro atoms. The number of rotatable bonds is 13. The summed E-state index contributed by atoms with van der Waals surface area (Å²) in [5, 5.41) is 15.7. The van der Waals surface area contributed by atoms with Crippen molar-refractivity contribution in [3.8, 4) is 11.5 Å². The highest BCUT2D eigenvalue weighted by atomic mass is 32.2. The van der Waals surface area contributed by atoms with Crippen LogP contribution in [0.15, 0.2) is 61.2 Å². The third-order valence-electron chi connectivity index (χ3n) is 5.52. The van der Waals surface area contributed by atoms with Gasteiger partial charge in [0.25, 0.3) is 0 Å². The van der Waals surface area contributed by atoms with Crippen LogP contribution in [0.3, 0.4) is 0 Å². The van der Waals surface area contributed by atoms with Crippen LogP contribution in [-0.4, -0.2) is 39.1 Å². The molecule has 0 heterocycles. The monoisotopic (exact) mass is 447 g/mol. The Morgan fingerprint density at radius 2 is 1.42 bits per heavy atom. The molecule has 0 aromatic heterocycles. The largest absolute Gasteiger partial charge is 0.497 e. The number of hydrogen-bond acceptors (Lipinski definition) is 5. The minimum atomic E-state index is -3.77. The van der Waals surface area contributed by atoms with Crippen LogP contribution in [0.5, 0.6) is 11.5 Å². The van der Waals surface area contributed by atoms with Crippen molar-refractivity contribution >= 4 is 10.0 Å². The number of hydrogen-bond donors (Lipinski definition) is 2. The van der Waals surface area contributed by atoms with E-state index in [2.05, 4.69) is 6.58 Å². The Morgan fingerprint density at radius 3 is 1.77 bits per heavy atom. The van der Waals surface area contributed by atoms with E-state index in [-0.39, 0.29) is 12.3 Å². The van der Waals surface area contributed by atoms with E-state index in [0.29, 0.717) is 25.7 Å². The highest BCUT2D eigenvalue weighted by molar-refractivity contribution is 7.89. The molecule has 2 unspecified atom stereocenters. The lowest BCUT2D eigenvalue weighted by atomic mass is 9.85. The van der Waals surface area contributed by atoms with E-state index in [9.17, 15) is 13.5 Å². The Balaban J connectivity index is 2.23. The maximum absolute atomic E-state index is 12.1. The first-order valence-corrected chi connectivity index (χ1v) is 11.9. The number of allylic oxidation sites excluding steroid dienone is 1. The molecule has 0 aliphatic rings. The van der Waals surface area contributed by atoms with Crippen LogP contribution in [0.4, 0.5) is 0 Å². The van der Waals surface area contributed by atoms with Crippen molar-refractivity contribution in [3.63, 3.8) is 0 Å². The Labute approximate surface area is 185 Å². The van der Waals surface area contributed by atoms with E-state index in [1.807, 2.05) is 48.5 Å². The van der Waals surface area contributed by atoms with E-state index >= 15 is 0 Å². The molecule has 0 aliphatic heterocycles. The van der Waals surface area contributed by atoms with Crippen LogP contribution in [0.2, 0.25) is 0 Å². The summed E-state index contributed by atoms with van der Waals surface area (Å²) in [6.07, 6.45) is 2.97. The van der Waals surface area contributed by atoms with Crippen LogP contribution in [0, 0.1) is 5.92 Å². The lowest BCUT2D eigenvalue weighted by molar-refractivity contribution is 0.0965. The molecular weight excluding hydrogens is 414 g/mol. The number of methoxy groups -OCH3 is 2. The summed E-state index contributed by atoms with van der Waals surface area (Å²) in [5.41, 5.74) is 2.08. The van der Waals surface area contributed by atoms with Crippen LogP contribution < -0.4 is 14.6 Å². The molecule has 2 atom stereocenters. The summed E-state index contributed by atoms with van der Waals surface area (Å²) in [4.78, 5) is 0. The molecule has 2 aromatic rings. The Hall–Kier alpha value is -2.35. The lowest BCUT2D eigenvalue weighted by Crippen LogP contribution is -2.35. The maximum Gasteiger partial charge on any atom is 0.212 e. The van der Waals surface area contributed by atoms with Gasteiger partial charge < -0.3 is 14.6 Å². The van der Waals surface area contributed by atoms with E-state index in [4.69, 9.17) is 14.6 Å². The van der Waals surface area contributed by atoms with E-state index < -0.39 is 21.4 Å². The average Bonchev–Trinajstić information content (AvgIpc) is 2.76. The van der Waals surface area contributed by atoms with Gasteiger partial charge in [0, 0.05) is 0 Å². The molecule has 6 nitrogen and oxygen atoms in total. The second-order valence-corrected chi connectivity index (χ2v) is 9.59. The number of sulfonamides is 1. The normalized spacial score (nSPS) is 13.6. The lowest BCUT2D eigenvalue weighted by Gasteiger charge is -2.26. The molecule has 0 radical (unpaired) electrons. The van der Waals surface area contributed by atoms with Crippen molar-refractivity contribution in [2.24, 2.45) is 11.1 Å². The van der Waals surface area contributed by atoms with Gasteiger partial charge in [-0.05, 0) is 73.4 Å². The fraction of sp³-hybridized carbons (Fsp3) is 0.417. The van der Waals surface area contributed by atoms with Gasteiger partial charge in [-0.2, -0.15) is 0 Å². The minimum absolute atomic E-state index is 0.0870. The minimum Gasteiger partial charge on any atom is -0.497 e. The van der Waals surface area contributed by atoms with Gasteiger partial charge in [-0.3, -0.25) is 0 Å². The van der Waals surface area contributed by atoms with Gasteiger partial charge in [-0.25, -0.2) is 13.6 Å². The summed E-state index contributed by atoms with van der Waals surface area (Å²) in [7, 11) is -0.544. The summed E-state index contributed by atoms with van der Waals surface area (Å²) in [5.74, 6) is 1.33.